The molecule has 2 rings (SSSR count). The Morgan fingerprint density at radius 2 is 0.887 bits per heavy atom. The maximum absolute atomic E-state index is 11.9. The largest absolute Gasteiger partial charge is 0.454 e. The van der Waals surface area contributed by atoms with Crippen LogP contribution in [0, 0.1) is 0 Å². The normalized spacial score (nSPS) is 11.6. The third-order valence-electron chi connectivity index (χ3n) is 7.97. The number of aliphatic hydroxyl groups excluding tert-OH is 6. The zero-order chi connectivity index (χ0) is 40.0. The average molecular weight is 797 g/mol. The molecule has 0 fully saturated rings. The van der Waals surface area contributed by atoms with Crippen LogP contribution in [0.3, 0.4) is 0 Å². The molecular weight excluding hydrogens is 733 g/mol. The second-order valence-corrected chi connectivity index (χ2v) is 15.0. The Kier molecular flexibility index (Phi) is 29.7. The fourth-order valence-corrected chi connectivity index (χ4v) is 6.53. The molecule has 8 N–H and O–H groups in total. The summed E-state index contributed by atoms with van der Waals surface area (Å²) in [5, 5.41) is 50.9. The summed E-state index contributed by atoms with van der Waals surface area (Å²) < 4.78 is 72.1. The lowest BCUT2D eigenvalue weighted by atomic mass is 10.0. The molecule has 0 aliphatic carbocycles. The van der Waals surface area contributed by atoms with Crippen molar-refractivity contribution in [3.8, 4) is 11.5 Å². The molecule has 308 valence electrons. The van der Waals surface area contributed by atoms with Gasteiger partial charge in [0.1, 0.15) is 15.5 Å². The van der Waals surface area contributed by atoms with Gasteiger partial charge >= 0.3 is 0 Å². The van der Waals surface area contributed by atoms with Crippen molar-refractivity contribution in [1.29, 1.82) is 0 Å². The summed E-state index contributed by atoms with van der Waals surface area (Å²) in [7, 11) is -9.20. The van der Waals surface area contributed by atoms with E-state index >= 15 is 0 Å². The third kappa shape index (κ3) is 24.0. The van der Waals surface area contributed by atoms with Crippen LogP contribution < -0.4 is 4.74 Å². The molecule has 15 nitrogen and oxygen atoms in total. The van der Waals surface area contributed by atoms with Gasteiger partial charge in [-0.3, -0.25) is 18.9 Å². The maximum atomic E-state index is 11.9. The van der Waals surface area contributed by atoms with Gasteiger partial charge in [0.15, 0.2) is 5.75 Å². The minimum Gasteiger partial charge on any atom is -0.454 e. The molecule has 0 spiro atoms. The van der Waals surface area contributed by atoms with Gasteiger partial charge in [-0.25, -0.2) is 0 Å². The molecule has 2 aromatic carbocycles. The maximum Gasteiger partial charge on any atom is 0.298 e. The van der Waals surface area contributed by atoms with Gasteiger partial charge < -0.3 is 35.4 Å². The first-order chi connectivity index (χ1) is 25.3. The van der Waals surface area contributed by atoms with Crippen molar-refractivity contribution in [2.75, 3.05) is 78.9 Å². The van der Waals surface area contributed by atoms with E-state index in [0.29, 0.717) is 51.3 Å². The molecule has 53 heavy (non-hydrogen) atoms. The lowest BCUT2D eigenvalue weighted by molar-refractivity contribution is 0.136. The van der Waals surface area contributed by atoms with E-state index in [-0.39, 0.29) is 51.1 Å². The van der Waals surface area contributed by atoms with Crippen LogP contribution in [0.5, 0.6) is 11.5 Å². The third-order valence-corrected chi connectivity index (χ3v) is 9.74. The minimum atomic E-state index is -4.61. The molecule has 0 bridgehead atoms. The van der Waals surface area contributed by atoms with Crippen LogP contribution in [0.15, 0.2) is 52.3 Å². The Balaban J connectivity index is 0.00000110. The quantitative estimate of drug-likeness (QED) is 0.0479. The van der Waals surface area contributed by atoms with E-state index < -0.39 is 30.0 Å². The standard InChI is InChI=1S/C24H34O7S2.2C6H15NO3/c1-2-3-4-5-6-7-8-9-10-11-15-20-16-14-19-23(33(28,29)30)24(20)31-21-17-12-13-18-22(21)32(25,26)27;2*8-4-1-7(2-5-9)3-6-10/h12-14,16-19H,2-11,15H2,1H3,(H,25,26,27)(H,28,29,30);2*8-10H,1-6H2. The van der Waals surface area contributed by atoms with E-state index in [4.69, 9.17) is 35.4 Å². The summed E-state index contributed by atoms with van der Waals surface area (Å²) in [5.41, 5.74) is 0.537. The highest BCUT2D eigenvalue weighted by Crippen LogP contribution is 2.36. The summed E-state index contributed by atoms with van der Waals surface area (Å²) in [4.78, 5) is 2.65. The van der Waals surface area contributed by atoms with Gasteiger partial charge in [-0.15, -0.1) is 0 Å². The van der Waals surface area contributed by atoms with E-state index in [1.54, 1.807) is 15.9 Å². The highest BCUT2D eigenvalue weighted by Gasteiger charge is 2.23. The summed E-state index contributed by atoms with van der Waals surface area (Å²) in [6.07, 6.45) is 12.1. The van der Waals surface area contributed by atoms with Gasteiger partial charge in [-0.05, 0) is 36.6 Å². The number of rotatable bonds is 27. The molecule has 0 radical (unpaired) electrons. The van der Waals surface area contributed by atoms with Gasteiger partial charge in [-0.2, -0.15) is 16.8 Å². The van der Waals surface area contributed by atoms with Crippen LogP contribution in [-0.2, 0) is 26.7 Å². The fourth-order valence-electron chi connectivity index (χ4n) is 5.26. The van der Waals surface area contributed by atoms with Crippen molar-refractivity contribution in [2.45, 2.75) is 87.3 Å². The summed E-state index contributed by atoms with van der Waals surface area (Å²) in [6.45, 7) is 5.71. The molecular formula is C36H64N2O13S2. The Labute approximate surface area is 316 Å². The van der Waals surface area contributed by atoms with Crippen molar-refractivity contribution >= 4 is 20.2 Å². The number of hydrogen-bond acceptors (Lipinski definition) is 13. The van der Waals surface area contributed by atoms with Crippen molar-refractivity contribution < 1.29 is 61.3 Å². The molecule has 0 unspecified atom stereocenters. The van der Waals surface area contributed by atoms with E-state index in [1.807, 2.05) is 0 Å². The second kappa shape index (κ2) is 31.0. The van der Waals surface area contributed by atoms with Crippen LogP contribution in [0.2, 0.25) is 0 Å². The first-order valence-corrected chi connectivity index (χ1v) is 21.2. The van der Waals surface area contributed by atoms with Crippen molar-refractivity contribution in [3.05, 3.63) is 48.0 Å². The lowest BCUT2D eigenvalue weighted by Gasteiger charge is -2.17. The number of hydrogen-bond donors (Lipinski definition) is 8. The van der Waals surface area contributed by atoms with Crippen LogP contribution in [0.25, 0.3) is 0 Å². The molecule has 0 saturated carbocycles. The van der Waals surface area contributed by atoms with Crippen LogP contribution in [0.1, 0.15) is 76.7 Å². The van der Waals surface area contributed by atoms with E-state index in [0.717, 1.165) is 31.7 Å². The molecule has 0 aromatic heterocycles. The molecule has 0 heterocycles. The van der Waals surface area contributed by atoms with Gasteiger partial charge in [0, 0.05) is 39.3 Å². The monoisotopic (exact) mass is 796 g/mol. The summed E-state index contributed by atoms with van der Waals surface area (Å²) in [5.74, 6) is -0.354. The number of aryl methyl sites for hydroxylation is 1. The number of unbranched alkanes of at least 4 members (excludes halogenated alkanes) is 9. The second-order valence-electron chi connectivity index (χ2n) is 12.2. The Morgan fingerprint density at radius 1 is 0.509 bits per heavy atom. The van der Waals surface area contributed by atoms with Crippen LogP contribution in [-0.4, -0.2) is 145 Å². The van der Waals surface area contributed by atoms with Gasteiger partial charge in [-0.1, -0.05) is 89.0 Å². The number of para-hydroxylation sites is 2. The van der Waals surface area contributed by atoms with Gasteiger partial charge in [0.25, 0.3) is 20.2 Å². The van der Waals surface area contributed by atoms with Crippen molar-refractivity contribution in [2.24, 2.45) is 0 Å². The Morgan fingerprint density at radius 3 is 1.28 bits per heavy atom. The first kappa shape index (κ1) is 50.7. The topological polar surface area (TPSA) is 246 Å². The fraction of sp³-hybridized carbons (Fsp3) is 0.667. The molecule has 2 aromatic rings. The van der Waals surface area contributed by atoms with Gasteiger partial charge in [0.2, 0.25) is 0 Å². The van der Waals surface area contributed by atoms with E-state index in [1.165, 1.54) is 68.9 Å². The number of nitrogens with zero attached hydrogens (tertiary/aromatic N) is 2. The predicted molar refractivity (Wildman–Crippen MR) is 204 cm³/mol. The number of ether oxygens (including phenoxy) is 1. The van der Waals surface area contributed by atoms with E-state index in [2.05, 4.69) is 6.92 Å². The highest BCUT2D eigenvalue weighted by atomic mass is 32.2. The molecule has 0 aliphatic heterocycles. The van der Waals surface area contributed by atoms with Gasteiger partial charge in [0.05, 0.1) is 39.6 Å². The number of benzene rings is 2. The lowest BCUT2D eigenvalue weighted by Crippen LogP contribution is -2.32. The minimum absolute atomic E-state index is 0.0694. The smallest absolute Gasteiger partial charge is 0.298 e. The molecule has 17 heteroatoms. The van der Waals surface area contributed by atoms with Crippen molar-refractivity contribution in [3.63, 3.8) is 0 Å². The number of aliphatic hydroxyl groups is 6. The van der Waals surface area contributed by atoms with Crippen LogP contribution >= 0.6 is 0 Å². The zero-order valence-electron chi connectivity index (χ0n) is 31.1. The summed E-state index contributed by atoms with van der Waals surface area (Å²) in [6, 6.07) is 9.78. The SMILES string of the molecule is CCCCCCCCCCCCc1cccc(S(=O)(=O)O)c1Oc1ccccc1S(=O)(=O)O.OCCN(CCO)CCO.OCCN(CCO)CCO. The summed E-state index contributed by atoms with van der Waals surface area (Å²) >= 11 is 0. The Hall–Kier alpha value is -2.26. The Bertz CT molecular complexity index is 1370. The van der Waals surface area contributed by atoms with Crippen molar-refractivity contribution in [1.82, 2.24) is 9.80 Å². The molecule has 0 amide bonds. The van der Waals surface area contributed by atoms with E-state index in [9.17, 15) is 25.9 Å². The molecule has 0 atom stereocenters. The zero-order valence-corrected chi connectivity index (χ0v) is 32.8. The highest BCUT2D eigenvalue weighted by molar-refractivity contribution is 7.86. The molecule has 0 aliphatic rings. The van der Waals surface area contributed by atoms with Crippen LogP contribution in [0.4, 0.5) is 0 Å². The average Bonchev–Trinajstić information content (AvgIpc) is 3.10. The first-order valence-electron chi connectivity index (χ1n) is 18.3. The molecule has 0 saturated heterocycles. The predicted octanol–water partition coefficient (Wildman–Crippen LogP) is 2.97.